The minimum atomic E-state index is -0.977. The summed E-state index contributed by atoms with van der Waals surface area (Å²) >= 11 is 0. The summed E-state index contributed by atoms with van der Waals surface area (Å²) in [6, 6.07) is 0. The second kappa shape index (κ2) is 5.99. The van der Waals surface area contributed by atoms with Crippen molar-refractivity contribution in [1.82, 2.24) is 5.32 Å². The maximum atomic E-state index is 10.8. The van der Waals surface area contributed by atoms with Gasteiger partial charge in [0, 0.05) is 19.4 Å². The van der Waals surface area contributed by atoms with Gasteiger partial charge in [-0.3, -0.25) is 14.4 Å². The van der Waals surface area contributed by atoms with Crippen LogP contribution in [0.5, 0.6) is 0 Å². The van der Waals surface area contributed by atoms with Gasteiger partial charge in [-0.25, -0.2) is 0 Å². The first kappa shape index (κ1) is 11.4. The van der Waals surface area contributed by atoms with Gasteiger partial charge >= 0.3 is 5.97 Å². The Hall–Kier alpha value is -1.59. The Morgan fingerprint density at radius 1 is 1.15 bits per heavy atom. The zero-order chi connectivity index (χ0) is 10.3. The molecule has 0 saturated carbocycles. The van der Waals surface area contributed by atoms with Gasteiger partial charge < -0.3 is 16.2 Å². The van der Waals surface area contributed by atoms with Gasteiger partial charge in [0.2, 0.25) is 11.8 Å². The van der Waals surface area contributed by atoms with Crippen molar-refractivity contribution in [2.45, 2.75) is 19.3 Å². The standard InChI is InChI=1S/C7H12N2O4/c8-5(10)1-2-6(11)9-4-3-7(12)13/h1-4H2,(H2,8,10)(H,9,11)(H,12,13). The molecule has 13 heavy (non-hydrogen) atoms. The summed E-state index contributed by atoms with van der Waals surface area (Å²) < 4.78 is 0. The molecule has 4 N–H and O–H groups in total. The van der Waals surface area contributed by atoms with Crippen LogP contribution in [0.4, 0.5) is 0 Å². The molecule has 0 aromatic heterocycles. The van der Waals surface area contributed by atoms with Crippen LogP contribution in [0.25, 0.3) is 0 Å². The number of carboxylic acid groups (broad SMARTS) is 1. The van der Waals surface area contributed by atoms with E-state index in [9.17, 15) is 14.4 Å². The summed E-state index contributed by atoms with van der Waals surface area (Å²) in [5.74, 6) is -1.89. The molecule has 0 aliphatic rings. The normalized spacial score (nSPS) is 9.23. The quantitative estimate of drug-likeness (QED) is 0.488. The van der Waals surface area contributed by atoms with Crippen molar-refractivity contribution in [1.29, 1.82) is 0 Å². The first-order chi connectivity index (χ1) is 6.02. The lowest BCUT2D eigenvalue weighted by Gasteiger charge is -2.00. The number of carboxylic acids is 1. The molecule has 0 aromatic carbocycles. The van der Waals surface area contributed by atoms with Gasteiger partial charge in [-0.15, -0.1) is 0 Å². The van der Waals surface area contributed by atoms with Crippen LogP contribution in [0, 0.1) is 0 Å². The molecule has 0 rings (SSSR count). The second-order valence-corrected chi connectivity index (χ2v) is 2.46. The number of hydrogen-bond acceptors (Lipinski definition) is 3. The smallest absolute Gasteiger partial charge is 0.305 e. The number of carbonyl (C=O) groups is 3. The summed E-state index contributed by atoms with van der Waals surface area (Å²) in [7, 11) is 0. The Morgan fingerprint density at radius 3 is 2.23 bits per heavy atom. The van der Waals surface area contributed by atoms with Crippen LogP contribution in [-0.4, -0.2) is 29.4 Å². The number of nitrogens with one attached hydrogen (secondary N) is 1. The SMILES string of the molecule is NC(=O)CCC(=O)NCCC(=O)O. The highest BCUT2D eigenvalue weighted by molar-refractivity contribution is 5.83. The van der Waals surface area contributed by atoms with E-state index in [1.807, 2.05) is 0 Å². The zero-order valence-electron chi connectivity index (χ0n) is 7.08. The van der Waals surface area contributed by atoms with Gasteiger partial charge in [0.05, 0.1) is 6.42 Å². The lowest BCUT2D eigenvalue weighted by molar-refractivity contribution is -0.137. The van der Waals surface area contributed by atoms with Gasteiger partial charge in [0.15, 0.2) is 0 Å². The van der Waals surface area contributed by atoms with Crippen molar-refractivity contribution in [2.24, 2.45) is 5.73 Å². The van der Waals surface area contributed by atoms with Crippen molar-refractivity contribution in [3.8, 4) is 0 Å². The first-order valence-corrected chi connectivity index (χ1v) is 3.79. The minimum Gasteiger partial charge on any atom is -0.481 e. The van der Waals surface area contributed by atoms with Crippen LogP contribution in [0.3, 0.4) is 0 Å². The molecule has 0 aliphatic heterocycles. The molecule has 0 spiro atoms. The van der Waals surface area contributed by atoms with Crippen LogP contribution in [-0.2, 0) is 14.4 Å². The van der Waals surface area contributed by atoms with E-state index in [1.54, 1.807) is 0 Å². The summed E-state index contributed by atoms with van der Waals surface area (Å²) in [5, 5.41) is 10.6. The Labute approximate surface area is 75.1 Å². The van der Waals surface area contributed by atoms with E-state index in [2.05, 4.69) is 5.32 Å². The van der Waals surface area contributed by atoms with Gasteiger partial charge in [-0.1, -0.05) is 0 Å². The molecular formula is C7H12N2O4. The van der Waals surface area contributed by atoms with Gasteiger partial charge in [0.1, 0.15) is 0 Å². The van der Waals surface area contributed by atoms with Gasteiger partial charge in [0.25, 0.3) is 0 Å². The summed E-state index contributed by atoms with van der Waals surface area (Å²) in [6.45, 7) is 0.0763. The van der Waals surface area contributed by atoms with Crippen LogP contribution in [0.1, 0.15) is 19.3 Å². The lowest BCUT2D eigenvalue weighted by Crippen LogP contribution is -2.27. The van der Waals surface area contributed by atoms with Gasteiger partial charge in [-0.05, 0) is 0 Å². The van der Waals surface area contributed by atoms with E-state index in [4.69, 9.17) is 10.8 Å². The molecule has 0 aromatic rings. The Balaban J connectivity index is 3.41. The summed E-state index contributed by atoms with van der Waals surface area (Å²) in [6.07, 6.45) is -0.129. The largest absolute Gasteiger partial charge is 0.481 e. The lowest BCUT2D eigenvalue weighted by atomic mass is 10.3. The Kier molecular flexibility index (Phi) is 5.25. The Bertz CT molecular complexity index is 215. The predicted octanol–water partition coefficient (Wildman–Crippen LogP) is -1.16. The number of rotatable bonds is 6. The maximum absolute atomic E-state index is 10.8. The first-order valence-electron chi connectivity index (χ1n) is 3.79. The van der Waals surface area contributed by atoms with Crippen molar-refractivity contribution < 1.29 is 19.5 Å². The van der Waals surface area contributed by atoms with Crippen LogP contribution in [0.2, 0.25) is 0 Å². The molecule has 0 atom stereocenters. The zero-order valence-corrected chi connectivity index (χ0v) is 7.08. The van der Waals surface area contributed by atoms with Gasteiger partial charge in [-0.2, -0.15) is 0 Å². The number of nitrogens with two attached hydrogens (primary N) is 1. The highest BCUT2D eigenvalue weighted by atomic mass is 16.4. The topological polar surface area (TPSA) is 109 Å². The number of amides is 2. The molecule has 0 radical (unpaired) electrons. The number of hydrogen-bond donors (Lipinski definition) is 3. The fraction of sp³-hybridized carbons (Fsp3) is 0.571. The van der Waals surface area contributed by atoms with E-state index in [0.717, 1.165) is 0 Å². The van der Waals surface area contributed by atoms with Crippen LogP contribution < -0.4 is 11.1 Å². The van der Waals surface area contributed by atoms with Crippen molar-refractivity contribution in [3.05, 3.63) is 0 Å². The molecule has 0 fully saturated rings. The van der Waals surface area contributed by atoms with E-state index in [0.29, 0.717) is 0 Å². The molecule has 0 unspecified atom stereocenters. The van der Waals surface area contributed by atoms with E-state index < -0.39 is 11.9 Å². The fourth-order valence-electron chi connectivity index (χ4n) is 0.634. The highest BCUT2D eigenvalue weighted by Crippen LogP contribution is 1.87. The third kappa shape index (κ3) is 8.32. The number of carbonyl (C=O) groups excluding carboxylic acids is 2. The molecular weight excluding hydrogens is 176 g/mol. The summed E-state index contributed by atoms with van der Waals surface area (Å²) in [4.78, 5) is 31.1. The van der Waals surface area contributed by atoms with E-state index in [-0.39, 0.29) is 31.7 Å². The molecule has 0 heterocycles. The van der Waals surface area contributed by atoms with E-state index >= 15 is 0 Å². The van der Waals surface area contributed by atoms with Crippen LogP contribution in [0.15, 0.2) is 0 Å². The number of aliphatic carboxylic acids is 1. The van der Waals surface area contributed by atoms with Crippen molar-refractivity contribution in [3.63, 3.8) is 0 Å². The average Bonchev–Trinajstić information content (AvgIpc) is 2.00. The Morgan fingerprint density at radius 2 is 1.77 bits per heavy atom. The molecule has 0 saturated heterocycles. The summed E-state index contributed by atoms with van der Waals surface area (Å²) in [5.41, 5.74) is 4.80. The van der Waals surface area contributed by atoms with Crippen LogP contribution >= 0.6 is 0 Å². The molecule has 2 amide bonds. The monoisotopic (exact) mass is 188 g/mol. The molecule has 0 bridgehead atoms. The maximum Gasteiger partial charge on any atom is 0.305 e. The molecule has 0 aliphatic carbocycles. The fourth-order valence-corrected chi connectivity index (χ4v) is 0.634. The van der Waals surface area contributed by atoms with Crippen molar-refractivity contribution >= 4 is 17.8 Å². The average molecular weight is 188 g/mol. The third-order valence-electron chi connectivity index (χ3n) is 1.26. The number of primary amides is 1. The third-order valence-corrected chi connectivity index (χ3v) is 1.26. The van der Waals surface area contributed by atoms with Crippen molar-refractivity contribution in [2.75, 3.05) is 6.54 Å². The minimum absolute atomic E-state index is 0.00888. The molecule has 74 valence electrons. The molecule has 6 nitrogen and oxygen atoms in total. The second-order valence-electron chi connectivity index (χ2n) is 2.46. The highest BCUT2D eigenvalue weighted by Gasteiger charge is 2.04. The van der Waals surface area contributed by atoms with E-state index in [1.165, 1.54) is 0 Å². The predicted molar refractivity (Wildman–Crippen MR) is 43.7 cm³/mol. The molecule has 6 heteroatoms.